The van der Waals surface area contributed by atoms with Crippen molar-refractivity contribution < 1.29 is 4.92 Å². The molecule has 0 unspecified atom stereocenters. The molecule has 0 atom stereocenters. The Labute approximate surface area is 120 Å². The third-order valence-electron chi connectivity index (χ3n) is 2.70. The minimum Gasteiger partial charge on any atom is -0.267 e. The van der Waals surface area contributed by atoms with Gasteiger partial charge < -0.3 is 0 Å². The van der Waals surface area contributed by atoms with E-state index in [0.29, 0.717) is 5.16 Å². The molecular formula is C9H7ClN6O3S. The van der Waals surface area contributed by atoms with E-state index in [1.54, 1.807) is 0 Å². The molecule has 0 radical (unpaired) electrons. The number of nitrogens with zero attached hydrogens (tertiary/aromatic N) is 5. The van der Waals surface area contributed by atoms with Crippen LogP contribution in [0.4, 0.5) is 5.69 Å². The van der Waals surface area contributed by atoms with E-state index in [-0.39, 0.29) is 21.9 Å². The average Bonchev–Trinajstić information content (AvgIpc) is 3.15. The van der Waals surface area contributed by atoms with Crippen molar-refractivity contribution >= 4 is 29.1 Å². The highest BCUT2D eigenvalue weighted by molar-refractivity contribution is 7.99. The van der Waals surface area contributed by atoms with Crippen LogP contribution in [0, 0.1) is 10.1 Å². The Kier molecular flexibility index (Phi) is 3.18. The fourth-order valence-electron chi connectivity index (χ4n) is 1.67. The molecule has 1 saturated carbocycles. The van der Waals surface area contributed by atoms with Gasteiger partial charge in [-0.15, -0.1) is 5.10 Å². The molecule has 1 fully saturated rings. The van der Waals surface area contributed by atoms with Crippen LogP contribution < -0.4 is 5.69 Å². The lowest BCUT2D eigenvalue weighted by Crippen LogP contribution is -2.16. The van der Waals surface area contributed by atoms with Gasteiger partial charge in [0.1, 0.15) is 6.33 Å². The summed E-state index contributed by atoms with van der Waals surface area (Å²) in [6.07, 6.45) is 2.91. The van der Waals surface area contributed by atoms with Crippen molar-refractivity contribution in [3.8, 4) is 0 Å². The molecule has 3 rings (SSSR count). The minimum absolute atomic E-state index is 0.0518. The highest BCUT2D eigenvalue weighted by Gasteiger charge is 2.31. The Bertz CT molecular complexity index is 740. The number of nitrogens with one attached hydrogen (secondary N) is 1. The molecule has 2 aromatic rings. The van der Waals surface area contributed by atoms with Gasteiger partial charge in [0.25, 0.3) is 0 Å². The SMILES string of the molecule is O=c1[nH]nc(Sc2ncnc(Cl)c2[N+](=O)[O-])n1C1CC1. The van der Waals surface area contributed by atoms with E-state index in [1.165, 1.54) is 4.57 Å². The Hall–Kier alpha value is -1.94. The standard InChI is InChI=1S/C9H7ClN6O3S/c10-6-5(16(18)19)7(12-3-11-6)20-9-14-13-8(17)15(9)4-1-2-4/h3-4H,1-2H2,(H,13,17). The van der Waals surface area contributed by atoms with Crippen molar-refractivity contribution in [1.82, 2.24) is 24.7 Å². The van der Waals surface area contributed by atoms with Crippen molar-refractivity contribution in [2.24, 2.45) is 0 Å². The van der Waals surface area contributed by atoms with Crippen LogP contribution in [0.25, 0.3) is 0 Å². The number of aromatic nitrogens is 5. The van der Waals surface area contributed by atoms with Crippen LogP contribution in [-0.4, -0.2) is 29.7 Å². The summed E-state index contributed by atoms with van der Waals surface area (Å²) in [5, 5.41) is 17.3. The van der Waals surface area contributed by atoms with Gasteiger partial charge in [-0.05, 0) is 24.6 Å². The topological polar surface area (TPSA) is 120 Å². The molecule has 0 bridgehead atoms. The van der Waals surface area contributed by atoms with E-state index in [0.717, 1.165) is 30.9 Å². The molecule has 1 N–H and O–H groups in total. The summed E-state index contributed by atoms with van der Waals surface area (Å²) >= 11 is 6.62. The zero-order valence-electron chi connectivity index (χ0n) is 9.82. The van der Waals surface area contributed by atoms with Crippen LogP contribution in [0.3, 0.4) is 0 Å². The van der Waals surface area contributed by atoms with Gasteiger partial charge >= 0.3 is 11.4 Å². The van der Waals surface area contributed by atoms with Crippen LogP contribution >= 0.6 is 23.4 Å². The summed E-state index contributed by atoms with van der Waals surface area (Å²) in [6.45, 7) is 0. The number of aromatic amines is 1. The molecule has 104 valence electrons. The van der Waals surface area contributed by atoms with E-state index in [4.69, 9.17) is 11.6 Å². The largest absolute Gasteiger partial charge is 0.344 e. The van der Waals surface area contributed by atoms with Crippen molar-refractivity contribution in [2.45, 2.75) is 29.1 Å². The molecule has 11 heteroatoms. The van der Waals surface area contributed by atoms with E-state index in [2.05, 4.69) is 20.2 Å². The fourth-order valence-corrected chi connectivity index (χ4v) is 2.89. The van der Waals surface area contributed by atoms with Gasteiger partial charge in [-0.1, -0.05) is 11.6 Å². The first kappa shape index (κ1) is 13.1. The summed E-state index contributed by atoms with van der Waals surface area (Å²) in [4.78, 5) is 29.4. The Morgan fingerprint density at radius 1 is 1.50 bits per heavy atom. The van der Waals surface area contributed by atoms with E-state index >= 15 is 0 Å². The molecule has 0 amide bonds. The van der Waals surface area contributed by atoms with E-state index in [9.17, 15) is 14.9 Å². The number of nitro groups is 1. The van der Waals surface area contributed by atoms with Crippen LogP contribution in [0.1, 0.15) is 18.9 Å². The fraction of sp³-hybridized carbons (Fsp3) is 0.333. The summed E-state index contributed by atoms with van der Waals surface area (Å²) < 4.78 is 1.48. The molecule has 1 aliphatic rings. The Balaban J connectivity index is 2.02. The van der Waals surface area contributed by atoms with Crippen molar-refractivity contribution in [3.63, 3.8) is 0 Å². The normalized spacial score (nSPS) is 14.4. The molecule has 0 aliphatic heterocycles. The maximum Gasteiger partial charge on any atom is 0.344 e. The van der Waals surface area contributed by atoms with Gasteiger partial charge in [0.15, 0.2) is 10.2 Å². The molecule has 1 aliphatic carbocycles. The van der Waals surface area contributed by atoms with Crippen LogP contribution in [-0.2, 0) is 0 Å². The van der Waals surface area contributed by atoms with Gasteiger partial charge in [-0.3, -0.25) is 14.7 Å². The average molecular weight is 315 g/mol. The molecule has 2 heterocycles. The number of rotatable bonds is 4. The van der Waals surface area contributed by atoms with Gasteiger partial charge in [0.2, 0.25) is 5.15 Å². The Morgan fingerprint density at radius 3 is 2.90 bits per heavy atom. The van der Waals surface area contributed by atoms with Gasteiger partial charge in [-0.2, -0.15) is 0 Å². The lowest BCUT2D eigenvalue weighted by molar-refractivity contribution is -0.388. The first-order valence-electron chi connectivity index (χ1n) is 5.57. The predicted octanol–water partition coefficient (Wildman–Crippen LogP) is 1.41. The van der Waals surface area contributed by atoms with Crippen LogP contribution in [0.15, 0.2) is 21.3 Å². The highest BCUT2D eigenvalue weighted by Crippen LogP contribution is 2.39. The summed E-state index contributed by atoms with van der Waals surface area (Å²) in [5.41, 5.74) is -0.727. The molecule has 20 heavy (non-hydrogen) atoms. The number of hydrogen-bond acceptors (Lipinski definition) is 7. The summed E-state index contributed by atoms with van der Waals surface area (Å²) in [7, 11) is 0. The monoisotopic (exact) mass is 314 g/mol. The molecule has 0 aromatic carbocycles. The van der Waals surface area contributed by atoms with Crippen molar-refractivity contribution in [1.29, 1.82) is 0 Å². The van der Waals surface area contributed by atoms with E-state index < -0.39 is 10.6 Å². The maximum atomic E-state index is 11.6. The van der Waals surface area contributed by atoms with Gasteiger partial charge in [-0.25, -0.2) is 19.9 Å². The zero-order valence-corrected chi connectivity index (χ0v) is 11.4. The smallest absolute Gasteiger partial charge is 0.267 e. The summed E-state index contributed by atoms with van der Waals surface area (Å²) in [6, 6.07) is 0.0973. The molecule has 0 saturated heterocycles. The van der Waals surface area contributed by atoms with Crippen molar-refractivity contribution in [3.05, 3.63) is 32.1 Å². The molecular weight excluding hydrogens is 308 g/mol. The second-order valence-electron chi connectivity index (χ2n) is 4.09. The molecule has 0 spiro atoms. The second kappa shape index (κ2) is 4.87. The first-order valence-corrected chi connectivity index (χ1v) is 6.77. The second-order valence-corrected chi connectivity index (χ2v) is 5.40. The quantitative estimate of drug-likeness (QED) is 0.514. The van der Waals surface area contributed by atoms with Gasteiger partial charge in [0, 0.05) is 6.04 Å². The van der Waals surface area contributed by atoms with Crippen LogP contribution in [0.2, 0.25) is 5.15 Å². The summed E-state index contributed by atoms with van der Waals surface area (Å²) in [5.74, 6) is 0. The third kappa shape index (κ3) is 2.27. The molecule has 2 aromatic heterocycles. The first-order chi connectivity index (χ1) is 9.58. The highest BCUT2D eigenvalue weighted by atomic mass is 35.5. The lowest BCUT2D eigenvalue weighted by atomic mass is 10.5. The Morgan fingerprint density at radius 2 is 2.25 bits per heavy atom. The molecule has 9 nitrogen and oxygen atoms in total. The number of H-pyrrole nitrogens is 1. The van der Waals surface area contributed by atoms with Gasteiger partial charge in [0.05, 0.1) is 4.92 Å². The zero-order chi connectivity index (χ0) is 14.3. The maximum absolute atomic E-state index is 11.6. The van der Waals surface area contributed by atoms with Crippen molar-refractivity contribution in [2.75, 3.05) is 0 Å². The predicted molar refractivity (Wildman–Crippen MR) is 68.9 cm³/mol. The van der Waals surface area contributed by atoms with E-state index in [1.807, 2.05) is 0 Å². The number of hydrogen-bond donors (Lipinski definition) is 1. The lowest BCUT2D eigenvalue weighted by Gasteiger charge is -2.03. The van der Waals surface area contributed by atoms with Crippen LogP contribution in [0.5, 0.6) is 0 Å². The minimum atomic E-state index is -0.656. The third-order valence-corrected chi connectivity index (χ3v) is 3.94. The number of halogens is 1.